The van der Waals surface area contributed by atoms with Gasteiger partial charge in [0, 0.05) is 11.0 Å². The number of carbonyl (C=O) groups excluding carboxylic acids is 4. The van der Waals surface area contributed by atoms with Gasteiger partial charge in [0.25, 0.3) is 0 Å². The molecule has 0 saturated carbocycles. The van der Waals surface area contributed by atoms with E-state index >= 15 is 0 Å². The molecule has 3 rings (SSSR count). The Balaban J connectivity index is 2.08. The second-order valence-corrected chi connectivity index (χ2v) is 5.35. The van der Waals surface area contributed by atoms with Gasteiger partial charge >= 0.3 is 23.9 Å². The van der Waals surface area contributed by atoms with Gasteiger partial charge in [-0.1, -0.05) is 6.92 Å². The normalized spacial score (nSPS) is 34.5. The standard InChI is InChI=1S/C13H12O6/c1-13(7-5-8(14)18-11(7)16)4-2-3-6-9(13)12(17)19-10(6)15/h7H,2-5H2,1H3. The van der Waals surface area contributed by atoms with E-state index in [0.717, 1.165) is 0 Å². The van der Waals surface area contributed by atoms with E-state index in [1.165, 1.54) is 0 Å². The summed E-state index contributed by atoms with van der Waals surface area (Å²) in [4.78, 5) is 46.4. The SMILES string of the molecule is CC1(C2CC(=O)OC2=O)CCCC2=C1C(=O)OC2=O. The first-order chi connectivity index (χ1) is 8.93. The van der Waals surface area contributed by atoms with E-state index in [2.05, 4.69) is 9.47 Å². The van der Waals surface area contributed by atoms with Crippen LogP contribution >= 0.6 is 0 Å². The lowest BCUT2D eigenvalue weighted by atomic mass is 9.63. The first-order valence-electron chi connectivity index (χ1n) is 6.18. The second-order valence-electron chi connectivity index (χ2n) is 5.35. The molecule has 2 unspecified atom stereocenters. The van der Waals surface area contributed by atoms with Crippen LogP contribution in [-0.4, -0.2) is 23.9 Å². The molecular weight excluding hydrogens is 252 g/mol. The molecule has 100 valence electrons. The molecule has 0 aromatic carbocycles. The molecule has 1 fully saturated rings. The van der Waals surface area contributed by atoms with E-state index in [9.17, 15) is 19.2 Å². The molecule has 2 aliphatic heterocycles. The summed E-state index contributed by atoms with van der Waals surface area (Å²) in [5, 5.41) is 0. The summed E-state index contributed by atoms with van der Waals surface area (Å²) < 4.78 is 9.20. The Morgan fingerprint density at radius 3 is 2.47 bits per heavy atom. The number of cyclic esters (lactones) is 4. The highest BCUT2D eigenvalue weighted by Crippen LogP contribution is 2.51. The smallest absolute Gasteiger partial charge is 0.343 e. The third-order valence-electron chi connectivity index (χ3n) is 4.27. The molecule has 19 heavy (non-hydrogen) atoms. The zero-order valence-corrected chi connectivity index (χ0v) is 10.4. The number of esters is 4. The van der Waals surface area contributed by atoms with Gasteiger partial charge in [-0.3, -0.25) is 9.59 Å². The van der Waals surface area contributed by atoms with E-state index < -0.39 is 35.2 Å². The molecule has 1 aliphatic carbocycles. The van der Waals surface area contributed by atoms with Gasteiger partial charge in [0.15, 0.2) is 0 Å². The molecule has 0 N–H and O–H groups in total. The molecule has 6 nitrogen and oxygen atoms in total. The molecular formula is C13H12O6. The molecule has 0 aromatic rings. The van der Waals surface area contributed by atoms with Crippen LogP contribution in [0, 0.1) is 11.3 Å². The third kappa shape index (κ3) is 1.55. The van der Waals surface area contributed by atoms with Crippen LogP contribution in [-0.2, 0) is 28.7 Å². The van der Waals surface area contributed by atoms with E-state index in [-0.39, 0.29) is 12.0 Å². The first-order valence-corrected chi connectivity index (χ1v) is 6.18. The molecule has 2 atom stereocenters. The van der Waals surface area contributed by atoms with Crippen LogP contribution in [0.15, 0.2) is 11.1 Å². The fraction of sp³-hybridized carbons (Fsp3) is 0.538. The zero-order chi connectivity index (χ0) is 13.8. The van der Waals surface area contributed by atoms with Crippen molar-refractivity contribution in [3.8, 4) is 0 Å². The van der Waals surface area contributed by atoms with E-state index in [1.54, 1.807) is 6.92 Å². The fourth-order valence-corrected chi connectivity index (χ4v) is 3.29. The quantitative estimate of drug-likeness (QED) is 0.510. The lowest BCUT2D eigenvalue weighted by Crippen LogP contribution is -2.37. The van der Waals surface area contributed by atoms with Crippen LogP contribution in [0.5, 0.6) is 0 Å². The van der Waals surface area contributed by atoms with Gasteiger partial charge in [-0.05, 0) is 19.3 Å². The summed E-state index contributed by atoms with van der Waals surface area (Å²) in [5.74, 6) is -3.21. The van der Waals surface area contributed by atoms with Gasteiger partial charge in [-0.25, -0.2) is 9.59 Å². The van der Waals surface area contributed by atoms with Crippen LogP contribution in [0.1, 0.15) is 32.6 Å². The first kappa shape index (κ1) is 12.1. The Morgan fingerprint density at radius 1 is 1.11 bits per heavy atom. The van der Waals surface area contributed by atoms with E-state index in [0.29, 0.717) is 24.8 Å². The summed E-state index contributed by atoms with van der Waals surface area (Å²) in [6.45, 7) is 1.73. The highest BCUT2D eigenvalue weighted by molar-refractivity contribution is 6.14. The molecule has 6 heteroatoms. The fourth-order valence-electron chi connectivity index (χ4n) is 3.29. The Kier molecular flexibility index (Phi) is 2.39. The molecule has 1 saturated heterocycles. The number of hydrogen-bond donors (Lipinski definition) is 0. The van der Waals surface area contributed by atoms with Crippen molar-refractivity contribution in [3.05, 3.63) is 11.1 Å². The van der Waals surface area contributed by atoms with Crippen molar-refractivity contribution in [3.63, 3.8) is 0 Å². The van der Waals surface area contributed by atoms with Crippen LogP contribution in [0.25, 0.3) is 0 Å². The minimum atomic E-state index is -0.847. The van der Waals surface area contributed by atoms with Crippen molar-refractivity contribution in [2.45, 2.75) is 32.6 Å². The summed E-state index contributed by atoms with van der Waals surface area (Å²) >= 11 is 0. The number of rotatable bonds is 1. The van der Waals surface area contributed by atoms with Crippen LogP contribution < -0.4 is 0 Å². The van der Waals surface area contributed by atoms with Crippen molar-refractivity contribution in [2.75, 3.05) is 0 Å². The Bertz CT molecular complexity index is 557. The Hall–Kier alpha value is -1.98. The van der Waals surface area contributed by atoms with Gasteiger partial charge in [-0.2, -0.15) is 0 Å². The van der Waals surface area contributed by atoms with Gasteiger partial charge in [0.05, 0.1) is 17.9 Å². The maximum Gasteiger partial charge on any atom is 0.343 e. The third-order valence-corrected chi connectivity index (χ3v) is 4.27. The summed E-state index contributed by atoms with van der Waals surface area (Å²) in [7, 11) is 0. The second kappa shape index (κ2) is 3.76. The Morgan fingerprint density at radius 2 is 1.84 bits per heavy atom. The maximum atomic E-state index is 11.8. The van der Waals surface area contributed by atoms with Crippen molar-refractivity contribution >= 4 is 23.9 Å². The average molecular weight is 264 g/mol. The number of carbonyl (C=O) groups is 4. The zero-order valence-electron chi connectivity index (χ0n) is 10.4. The largest absolute Gasteiger partial charge is 0.393 e. The highest BCUT2D eigenvalue weighted by atomic mass is 16.6. The van der Waals surface area contributed by atoms with Gasteiger partial charge in [-0.15, -0.1) is 0 Å². The van der Waals surface area contributed by atoms with Crippen LogP contribution in [0.3, 0.4) is 0 Å². The van der Waals surface area contributed by atoms with Crippen molar-refractivity contribution < 1.29 is 28.7 Å². The van der Waals surface area contributed by atoms with Crippen LogP contribution in [0.2, 0.25) is 0 Å². The molecule has 0 aromatic heterocycles. The highest BCUT2D eigenvalue weighted by Gasteiger charge is 2.55. The van der Waals surface area contributed by atoms with E-state index in [4.69, 9.17) is 0 Å². The van der Waals surface area contributed by atoms with Crippen molar-refractivity contribution in [2.24, 2.45) is 11.3 Å². The average Bonchev–Trinajstić information content (AvgIpc) is 2.81. The predicted molar refractivity (Wildman–Crippen MR) is 59.3 cm³/mol. The minimum absolute atomic E-state index is 0.0480. The van der Waals surface area contributed by atoms with Gasteiger partial charge in [0.1, 0.15) is 0 Å². The molecule has 2 heterocycles. The van der Waals surface area contributed by atoms with Gasteiger partial charge in [0.2, 0.25) is 0 Å². The van der Waals surface area contributed by atoms with Crippen molar-refractivity contribution in [1.29, 1.82) is 0 Å². The topological polar surface area (TPSA) is 86.7 Å². The van der Waals surface area contributed by atoms with Crippen LogP contribution in [0.4, 0.5) is 0 Å². The minimum Gasteiger partial charge on any atom is -0.393 e. The molecule has 0 amide bonds. The summed E-state index contributed by atoms with van der Waals surface area (Å²) in [6, 6.07) is 0. The number of ether oxygens (including phenoxy) is 2. The summed E-state index contributed by atoms with van der Waals surface area (Å²) in [6.07, 6.45) is 1.66. The molecule has 0 spiro atoms. The summed E-state index contributed by atoms with van der Waals surface area (Å²) in [5.41, 5.74) is -0.230. The molecule has 3 aliphatic rings. The maximum absolute atomic E-state index is 11.8. The predicted octanol–water partition coefficient (Wildman–Crippen LogP) is 0.646. The Labute approximate surface area is 108 Å². The monoisotopic (exact) mass is 264 g/mol. The van der Waals surface area contributed by atoms with E-state index in [1.807, 2.05) is 0 Å². The van der Waals surface area contributed by atoms with Gasteiger partial charge < -0.3 is 9.47 Å². The van der Waals surface area contributed by atoms with Crippen molar-refractivity contribution in [1.82, 2.24) is 0 Å². The lowest BCUT2D eigenvalue weighted by molar-refractivity contribution is -0.154. The molecule has 0 radical (unpaired) electrons. The number of hydrogen-bond acceptors (Lipinski definition) is 6. The molecule has 0 bridgehead atoms. The lowest BCUT2D eigenvalue weighted by Gasteiger charge is -2.35.